The van der Waals surface area contributed by atoms with Crippen LogP contribution in [0.15, 0.2) is 77.4 Å². The van der Waals surface area contributed by atoms with Gasteiger partial charge in [-0.3, -0.25) is 9.59 Å². The van der Waals surface area contributed by atoms with Gasteiger partial charge in [0, 0.05) is 28.8 Å². The molecule has 0 aliphatic carbocycles. The van der Waals surface area contributed by atoms with Crippen molar-refractivity contribution in [2.24, 2.45) is 0 Å². The van der Waals surface area contributed by atoms with Gasteiger partial charge < -0.3 is 24.5 Å². The second-order valence-corrected chi connectivity index (χ2v) is 7.08. The van der Waals surface area contributed by atoms with Crippen molar-refractivity contribution in [3.05, 3.63) is 84.1 Å². The quantitative estimate of drug-likeness (QED) is 0.436. The van der Waals surface area contributed by atoms with E-state index in [0.29, 0.717) is 34.0 Å². The molecule has 4 rings (SSSR count). The molecule has 2 amide bonds. The zero-order chi connectivity index (χ0) is 22.5. The molecule has 1 heterocycles. The minimum absolute atomic E-state index is 0.102. The summed E-state index contributed by atoms with van der Waals surface area (Å²) in [6.45, 7) is 0. The minimum Gasteiger partial charge on any atom is -0.497 e. The van der Waals surface area contributed by atoms with E-state index in [1.807, 2.05) is 12.1 Å². The van der Waals surface area contributed by atoms with E-state index in [-0.39, 0.29) is 18.2 Å². The predicted octanol–water partition coefficient (Wildman–Crippen LogP) is 4.88. The van der Waals surface area contributed by atoms with E-state index in [0.717, 1.165) is 10.9 Å². The van der Waals surface area contributed by atoms with E-state index in [1.54, 1.807) is 75.1 Å². The SMILES string of the molecule is COc1cccc(NC(=O)c2ccccc2NC(=O)Cc2coc3cc(OC)ccc23)c1. The van der Waals surface area contributed by atoms with Gasteiger partial charge in [0.05, 0.1) is 38.2 Å². The van der Waals surface area contributed by atoms with Crippen LogP contribution < -0.4 is 20.1 Å². The van der Waals surface area contributed by atoms with Crippen LogP contribution in [0.25, 0.3) is 11.0 Å². The Morgan fingerprint density at radius 3 is 2.47 bits per heavy atom. The smallest absolute Gasteiger partial charge is 0.257 e. The molecular weight excluding hydrogens is 408 g/mol. The first-order valence-corrected chi connectivity index (χ1v) is 9.96. The molecule has 4 aromatic rings. The first-order chi connectivity index (χ1) is 15.6. The summed E-state index contributed by atoms with van der Waals surface area (Å²) in [4.78, 5) is 25.6. The van der Waals surface area contributed by atoms with Crippen LogP contribution in [-0.4, -0.2) is 26.0 Å². The Kier molecular flexibility index (Phi) is 6.07. The zero-order valence-corrected chi connectivity index (χ0v) is 17.7. The van der Waals surface area contributed by atoms with Crippen LogP contribution in [-0.2, 0) is 11.2 Å². The van der Waals surface area contributed by atoms with Crippen molar-refractivity contribution >= 4 is 34.2 Å². The Morgan fingerprint density at radius 2 is 1.66 bits per heavy atom. The number of nitrogens with one attached hydrogen (secondary N) is 2. The highest BCUT2D eigenvalue weighted by Crippen LogP contribution is 2.26. The third-order valence-corrected chi connectivity index (χ3v) is 4.99. The van der Waals surface area contributed by atoms with Crippen molar-refractivity contribution < 1.29 is 23.5 Å². The molecular formula is C25H22N2O5. The summed E-state index contributed by atoms with van der Waals surface area (Å²) in [6.07, 6.45) is 1.66. The number of fused-ring (bicyclic) bond motifs is 1. The average molecular weight is 430 g/mol. The van der Waals surface area contributed by atoms with Crippen molar-refractivity contribution in [1.29, 1.82) is 0 Å². The van der Waals surface area contributed by atoms with E-state index < -0.39 is 0 Å². The monoisotopic (exact) mass is 430 g/mol. The first kappa shape index (κ1) is 21.0. The molecule has 0 bridgehead atoms. The highest BCUT2D eigenvalue weighted by molar-refractivity contribution is 6.10. The summed E-state index contributed by atoms with van der Waals surface area (Å²) in [5.74, 6) is 0.716. The lowest BCUT2D eigenvalue weighted by Crippen LogP contribution is -2.19. The minimum atomic E-state index is -0.338. The number of amides is 2. The van der Waals surface area contributed by atoms with Crippen molar-refractivity contribution in [3.8, 4) is 11.5 Å². The van der Waals surface area contributed by atoms with Gasteiger partial charge in [0.15, 0.2) is 0 Å². The molecule has 0 aliphatic heterocycles. The molecule has 0 aliphatic rings. The Morgan fingerprint density at radius 1 is 0.875 bits per heavy atom. The standard InChI is InChI=1S/C25H22N2O5/c1-30-18-7-5-6-17(13-18)26-25(29)21-8-3-4-9-22(21)27-24(28)12-16-15-32-23-14-19(31-2)10-11-20(16)23/h3-11,13-15H,12H2,1-2H3,(H,26,29)(H,27,28). The van der Waals surface area contributed by atoms with Gasteiger partial charge in [0.1, 0.15) is 17.1 Å². The lowest BCUT2D eigenvalue weighted by molar-refractivity contribution is -0.115. The maximum Gasteiger partial charge on any atom is 0.257 e. The molecule has 7 nitrogen and oxygen atoms in total. The lowest BCUT2D eigenvalue weighted by Gasteiger charge is -2.12. The van der Waals surface area contributed by atoms with Gasteiger partial charge in [-0.15, -0.1) is 0 Å². The van der Waals surface area contributed by atoms with Gasteiger partial charge in [-0.1, -0.05) is 18.2 Å². The molecule has 0 unspecified atom stereocenters. The third-order valence-electron chi connectivity index (χ3n) is 4.99. The van der Waals surface area contributed by atoms with Crippen LogP contribution in [0.5, 0.6) is 11.5 Å². The van der Waals surface area contributed by atoms with Gasteiger partial charge in [-0.05, 0) is 36.4 Å². The number of hydrogen-bond donors (Lipinski definition) is 2. The molecule has 0 saturated carbocycles. The first-order valence-electron chi connectivity index (χ1n) is 9.96. The number of ether oxygens (including phenoxy) is 2. The van der Waals surface area contributed by atoms with Crippen molar-refractivity contribution in [3.63, 3.8) is 0 Å². The fourth-order valence-electron chi connectivity index (χ4n) is 3.38. The second-order valence-electron chi connectivity index (χ2n) is 7.08. The number of carbonyl (C=O) groups is 2. The molecule has 0 saturated heterocycles. The summed E-state index contributed by atoms with van der Waals surface area (Å²) in [7, 11) is 3.14. The Labute approximate surface area is 184 Å². The number of benzene rings is 3. The molecule has 0 spiro atoms. The summed E-state index contributed by atoms with van der Waals surface area (Å²) < 4.78 is 15.9. The third kappa shape index (κ3) is 4.57. The number of hydrogen-bond acceptors (Lipinski definition) is 5. The number of rotatable bonds is 7. The van der Waals surface area contributed by atoms with Crippen LogP contribution in [0.3, 0.4) is 0 Å². The Bertz CT molecular complexity index is 1280. The number of furan rings is 1. The van der Waals surface area contributed by atoms with E-state index in [1.165, 1.54) is 0 Å². The van der Waals surface area contributed by atoms with E-state index in [4.69, 9.17) is 13.9 Å². The van der Waals surface area contributed by atoms with Gasteiger partial charge in [-0.2, -0.15) is 0 Å². The number of methoxy groups -OCH3 is 2. The molecule has 0 radical (unpaired) electrons. The van der Waals surface area contributed by atoms with Crippen LogP contribution in [0.2, 0.25) is 0 Å². The maximum absolute atomic E-state index is 12.8. The highest BCUT2D eigenvalue weighted by atomic mass is 16.5. The van der Waals surface area contributed by atoms with Crippen LogP contribution in [0.1, 0.15) is 15.9 Å². The molecule has 162 valence electrons. The number of para-hydroxylation sites is 1. The van der Waals surface area contributed by atoms with Crippen molar-refractivity contribution in [1.82, 2.24) is 0 Å². The number of carbonyl (C=O) groups excluding carboxylic acids is 2. The van der Waals surface area contributed by atoms with Gasteiger partial charge in [0.2, 0.25) is 5.91 Å². The molecule has 0 fully saturated rings. The Balaban J connectivity index is 1.49. The number of anilines is 2. The van der Waals surface area contributed by atoms with Gasteiger partial charge in [0.25, 0.3) is 5.91 Å². The topological polar surface area (TPSA) is 89.8 Å². The molecule has 7 heteroatoms. The highest BCUT2D eigenvalue weighted by Gasteiger charge is 2.16. The maximum atomic E-state index is 12.8. The molecule has 3 aromatic carbocycles. The molecule has 1 aromatic heterocycles. The van der Waals surface area contributed by atoms with E-state index in [9.17, 15) is 9.59 Å². The summed E-state index contributed by atoms with van der Waals surface area (Å²) in [5, 5.41) is 6.50. The zero-order valence-electron chi connectivity index (χ0n) is 17.7. The largest absolute Gasteiger partial charge is 0.497 e. The van der Waals surface area contributed by atoms with Gasteiger partial charge in [-0.25, -0.2) is 0 Å². The molecule has 2 N–H and O–H groups in total. The molecule has 0 atom stereocenters. The van der Waals surface area contributed by atoms with Gasteiger partial charge >= 0.3 is 0 Å². The summed E-state index contributed by atoms with van der Waals surface area (Å²) >= 11 is 0. The predicted molar refractivity (Wildman–Crippen MR) is 122 cm³/mol. The van der Waals surface area contributed by atoms with Crippen LogP contribution >= 0.6 is 0 Å². The average Bonchev–Trinajstić information content (AvgIpc) is 3.21. The van der Waals surface area contributed by atoms with E-state index >= 15 is 0 Å². The van der Waals surface area contributed by atoms with Crippen LogP contribution in [0, 0.1) is 0 Å². The normalized spacial score (nSPS) is 10.6. The Hall–Kier alpha value is -4.26. The van der Waals surface area contributed by atoms with Crippen LogP contribution in [0.4, 0.5) is 11.4 Å². The molecule has 32 heavy (non-hydrogen) atoms. The summed E-state index contributed by atoms with van der Waals surface area (Å²) in [5.41, 5.74) is 2.76. The van der Waals surface area contributed by atoms with Crippen molar-refractivity contribution in [2.75, 3.05) is 24.9 Å². The fourth-order valence-corrected chi connectivity index (χ4v) is 3.38. The second kappa shape index (κ2) is 9.26. The lowest BCUT2D eigenvalue weighted by atomic mass is 10.1. The van der Waals surface area contributed by atoms with Crippen molar-refractivity contribution in [2.45, 2.75) is 6.42 Å². The fraction of sp³-hybridized carbons (Fsp3) is 0.120. The summed E-state index contributed by atoms with van der Waals surface area (Å²) in [6, 6.07) is 19.4. The van der Waals surface area contributed by atoms with E-state index in [2.05, 4.69) is 10.6 Å².